The lowest BCUT2D eigenvalue weighted by Crippen LogP contribution is -2.43. The van der Waals surface area contributed by atoms with Crippen LogP contribution in [-0.4, -0.2) is 21.9 Å². The summed E-state index contributed by atoms with van der Waals surface area (Å²) in [6.07, 6.45) is 0. The van der Waals surface area contributed by atoms with Crippen LogP contribution in [0, 0.1) is 5.92 Å². The molecule has 0 radical (unpaired) electrons. The first kappa shape index (κ1) is 11.7. The molecule has 4 nitrogen and oxygen atoms in total. The summed E-state index contributed by atoms with van der Waals surface area (Å²) < 4.78 is 0. The molecule has 0 fully saturated rings. The molecule has 0 spiro atoms. The maximum absolute atomic E-state index is 11.3. The third-order valence-corrected chi connectivity index (χ3v) is 2.97. The van der Waals surface area contributed by atoms with Crippen LogP contribution in [0.25, 0.3) is 0 Å². The Kier molecular flexibility index (Phi) is 3.19. The number of nitrogens with zero attached hydrogens (tertiary/aromatic N) is 1. The molecule has 2 rings (SSSR count). The zero-order chi connectivity index (χ0) is 12.4. The molecular weight excluding hydrogens is 236 g/mol. The zero-order valence-corrected chi connectivity index (χ0v) is 10.1. The standard InChI is InChI=1S/C12H12N2O2S/c1-7-9(11(15)16)10(14-12(17)13-7)8-5-3-2-4-6-8/h2-6,9-10H,1H3,(H,14,17)(H,15,16). The number of hydrogen-bond donors (Lipinski definition) is 2. The van der Waals surface area contributed by atoms with Gasteiger partial charge in [-0.2, -0.15) is 0 Å². The Hall–Kier alpha value is -1.75. The molecule has 0 aromatic heterocycles. The van der Waals surface area contributed by atoms with E-state index in [1.807, 2.05) is 30.3 Å². The Morgan fingerprint density at radius 2 is 2.06 bits per heavy atom. The summed E-state index contributed by atoms with van der Waals surface area (Å²) in [7, 11) is 0. The normalized spacial score (nSPS) is 23.8. The monoisotopic (exact) mass is 248 g/mol. The third-order valence-electron chi connectivity index (χ3n) is 2.77. The highest BCUT2D eigenvalue weighted by Gasteiger charge is 2.35. The largest absolute Gasteiger partial charge is 0.481 e. The van der Waals surface area contributed by atoms with Gasteiger partial charge in [0.2, 0.25) is 0 Å². The van der Waals surface area contributed by atoms with Crippen LogP contribution in [0.4, 0.5) is 0 Å². The predicted octanol–water partition coefficient (Wildman–Crippen LogP) is 1.78. The van der Waals surface area contributed by atoms with E-state index in [-0.39, 0.29) is 6.04 Å². The van der Waals surface area contributed by atoms with E-state index in [1.54, 1.807) is 6.92 Å². The number of nitrogens with one attached hydrogen (secondary N) is 1. The van der Waals surface area contributed by atoms with Gasteiger partial charge in [-0.25, -0.2) is 4.99 Å². The molecule has 0 saturated carbocycles. The van der Waals surface area contributed by atoms with Gasteiger partial charge in [-0.15, -0.1) is 0 Å². The van der Waals surface area contributed by atoms with Crippen LogP contribution in [0.3, 0.4) is 0 Å². The van der Waals surface area contributed by atoms with Gasteiger partial charge >= 0.3 is 5.97 Å². The average molecular weight is 248 g/mol. The quantitative estimate of drug-likeness (QED) is 0.783. The van der Waals surface area contributed by atoms with Crippen molar-refractivity contribution in [2.45, 2.75) is 13.0 Å². The Morgan fingerprint density at radius 3 is 2.65 bits per heavy atom. The van der Waals surface area contributed by atoms with Crippen LogP contribution < -0.4 is 5.32 Å². The van der Waals surface area contributed by atoms with Gasteiger partial charge in [0.1, 0.15) is 5.92 Å². The highest BCUT2D eigenvalue weighted by molar-refractivity contribution is 7.80. The SMILES string of the molecule is CC1=NC(=S)NC(c2ccccc2)C1C(=O)O. The van der Waals surface area contributed by atoms with Gasteiger partial charge in [0.05, 0.1) is 6.04 Å². The molecule has 88 valence electrons. The third kappa shape index (κ3) is 2.34. The minimum atomic E-state index is -0.893. The van der Waals surface area contributed by atoms with Gasteiger partial charge in [0, 0.05) is 5.71 Å². The molecule has 0 saturated heterocycles. The van der Waals surface area contributed by atoms with Crippen LogP contribution in [0.5, 0.6) is 0 Å². The fourth-order valence-electron chi connectivity index (χ4n) is 1.98. The fraction of sp³-hybridized carbons (Fsp3) is 0.250. The maximum atomic E-state index is 11.3. The van der Waals surface area contributed by atoms with E-state index >= 15 is 0 Å². The second-order valence-electron chi connectivity index (χ2n) is 3.91. The number of carbonyl (C=O) groups is 1. The van der Waals surface area contributed by atoms with E-state index in [0.717, 1.165) is 5.56 Å². The fourth-order valence-corrected chi connectivity index (χ4v) is 2.25. The van der Waals surface area contributed by atoms with Gasteiger partial charge < -0.3 is 10.4 Å². The molecular formula is C12H12N2O2S. The van der Waals surface area contributed by atoms with Crippen molar-refractivity contribution in [3.05, 3.63) is 35.9 Å². The molecule has 5 heteroatoms. The van der Waals surface area contributed by atoms with Crippen molar-refractivity contribution in [1.82, 2.24) is 5.32 Å². The van der Waals surface area contributed by atoms with Crippen molar-refractivity contribution in [2.24, 2.45) is 10.9 Å². The van der Waals surface area contributed by atoms with E-state index in [9.17, 15) is 9.90 Å². The number of thiocarbonyl (C=S) groups is 1. The molecule has 1 heterocycles. The lowest BCUT2D eigenvalue weighted by molar-refractivity contribution is -0.140. The summed E-state index contributed by atoms with van der Waals surface area (Å²) >= 11 is 5.01. The second-order valence-corrected chi connectivity index (χ2v) is 4.29. The lowest BCUT2D eigenvalue weighted by Gasteiger charge is -2.29. The molecule has 17 heavy (non-hydrogen) atoms. The van der Waals surface area contributed by atoms with E-state index in [0.29, 0.717) is 10.8 Å². The molecule has 0 aliphatic carbocycles. The van der Waals surface area contributed by atoms with Crippen LogP contribution >= 0.6 is 12.2 Å². The topological polar surface area (TPSA) is 61.7 Å². The molecule has 2 atom stereocenters. The van der Waals surface area contributed by atoms with Crippen LogP contribution in [0.1, 0.15) is 18.5 Å². The van der Waals surface area contributed by atoms with Crippen LogP contribution in [-0.2, 0) is 4.79 Å². The number of hydrogen-bond acceptors (Lipinski definition) is 2. The average Bonchev–Trinajstić information content (AvgIpc) is 2.28. The summed E-state index contributed by atoms with van der Waals surface area (Å²) in [5, 5.41) is 12.6. The molecule has 1 aliphatic rings. The van der Waals surface area contributed by atoms with Gasteiger partial charge in [-0.1, -0.05) is 30.3 Å². The zero-order valence-electron chi connectivity index (χ0n) is 9.25. The van der Waals surface area contributed by atoms with Crippen molar-refractivity contribution in [1.29, 1.82) is 0 Å². The smallest absolute Gasteiger partial charge is 0.314 e. The van der Waals surface area contributed by atoms with Crippen molar-refractivity contribution >= 4 is 29.0 Å². The predicted molar refractivity (Wildman–Crippen MR) is 69.2 cm³/mol. The minimum absolute atomic E-state index is 0.342. The van der Waals surface area contributed by atoms with Gasteiger partial charge in [-0.3, -0.25) is 4.79 Å². The lowest BCUT2D eigenvalue weighted by atomic mass is 9.88. The van der Waals surface area contributed by atoms with Gasteiger partial charge in [0.25, 0.3) is 0 Å². The number of benzene rings is 1. The first-order valence-electron chi connectivity index (χ1n) is 5.23. The van der Waals surface area contributed by atoms with Crippen LogP contribution in [0.2, 0.25) is 0 Å². The highest BCUT2D eigenvalue weighted by Crippen LogP contribution is 2.26. The van der Waals surface area contributed by atoms with E-state index < -0.39 is 11.9 Å². The van der Waals surface area contributed by atoms with Crippen molar-refractivity contribution in [2.75, 3.05) is 0 Å². The van der Waals surface area contributed by atoms with E-state index in [4.69, 9.17) is 12.2 Å². The Labute approximate surface area is 104 Å². The van der Waals surface area contributed by atoms with Gasteiger partial charge in [-0.05, 0) is 24.7 Å². The molecule has 0 bridgehead atoms. The number of aliphatic carboxylic acids is 1. The minimum Gasteiger partial charge on any atom is -0.481 e. The maximum Gasteiger partial charge on any atom is 0.314 e. The van der Waals surface area contributed by atoms with Crippen molar-refractivity contribution in [3.8, 4) is 0 Å². The molecule has 1 aliphatic heterocycles. The van der Waals surface area contributed by atoms with E-state index in [2.05, 4.69) is 10.3 Å². The summed E-state index contributed by atoms with van der Waals surface area (Å²) in [5.41, 5.74) is 1.44. The Morgan fingerprint density at radius 1 is 1.41 bits per heavy atom. The molecule has 1 aromatic carbocycles. The van der Waals surface area contributed by atoms with Gasteiger partial charge in [0.15, 0.2) is 5.11 Å². The summed E-state index contributed by atoms with van der Waals surface area (Å²) in [4.78, 5) is 15.3. The molecule has 0 amide bonds. The summed E-state index contributed by atoms with van der Waals surface area (Å²) in [6.45, 7) is 1.70. The first-order chi connectivity index (χ1) is 8.09. The second kappa shape index (κ2) is 4.63. The number of rotatable bonds is 2. The molecule has 2 unspecified atom stereocenters. The number of aliphatic imine (C=N–C) groups is 1. The molecule has 1 aromatic rings. The van der Waals surface area contributed by atoms with Crippen LogP contribution in [0.15, 0.2) is 35.3 Å². The first-order valence-corrected chi connectivity index (χ1v) is 5.64. The van der Waals surface area contributed by atoms with Crippen molar-refractivity contribution < 1.29 is 9.90 Å². The Balaban J connectivity index is 2.42. The molecule has 2 N–H and O–H groups in total. The highest BCUT2D eigenvalue weighted by atomic mass is 32.1. The Bertz CT molecular complexity index is 485. The van der Waals surface area contributed by atoms with E-state index in [1.165, 1.54) is 0 Å². The number of carboxylic acid groups (broad SMARTS) is 1. The summed E-state index contributed by atoms with van der Waals surface area (Å²) in [6, 6.07) is 9.06. The summed E-state index contributed by atoms with van der Waals surface area (Å²) in [5.74, 6) is -1.57. The number of carboxylic acids is 1. The van der Waals surface area contributed by atoms with Crippen molar-refractivity contribution in [3.63, 3.8) is 0 Å².